The number of nitrogens with one attached hydrogen (secondary N) is 1. The predicted molar refractivity (Wildman–Crippen MR) is 49.4 cm³/mol. The summed E-state index contributed by atoms with van der Waals surface area (Å²) in [7, 11) is 0. The van der Waals surface area contributed by atoms with Gasteiger partial charge in [-0.1, -0.05) is 13.8 Å². The zero-order valence-electron chi connectivity index (χ0n) is 8.07. The summed E-state index contributed by atoms with van der Waals surface area (Å²) in [5.41, 5.74) is 3.03. The molecule has 1 N–H and O–H groups in total. The van der Waals surface area contributed by atoms with Gasteiger partial charge in [0.15, 0.2) is 0 Å². The molecule has 1 aliphatic rings. The standard InChI is InChI=1S/C10H19N/c1-7(2)10-6-5-8(3)11-9(10)4/h7-8,11H,5-6H2,1-4H3. The third-order valence-electron chi connectivity index (χ3n) is 2.49. The van der Waals surface area contributed by atoms with Gasteiger partial charge in [0.25, 0.3) is 0 Å². The van der Waals surface area contributed by atoms with Gasteiger partial charge in [-0.25, -0.2) is 0 Å². The van der Waals surface area contributed by atoms with Gasteiger partial charge in [-0.2, -0.15) is 0 Å². The molecule has 0 amide bonds. The Bertz CT molecular complexity index is 168. The second-order valence-corrected chi connectivity index (χ2v) is 3.89. The molecular formula is C10H19N. The van der Waals surface area contributed by atoms with Crippen LogP contribution in [0.15, 0.2) is 11.3 Å². The number of allylic oxidation sites excluding steroid dienone is 2. The quantitative estimate of drug-likeness (QED) is 0.610. The fourth-order valence-corrected chi connectivity index (χ4v) is 1.82. The summed E-state index contributed by atoms with van der Waals surface area (Å²) in [6.45, 7) is 9.00. The molecule has 1 heteroatoms. The number of rotatable bonds is 1. The second kappa shape index (κ2) is 3.29. The Kier molecular flexibility index (Phi) is 2.58. The summed E-state index contributed by atoms with van der Waals surface area (Å²) in [6.07, 6.45) is 2.59. The van der Waals surface area contributed by atoms with Crippen LogP contribution in [0.3, 0.4) is 0 Å². The zero-order chi connectivity index (χ0) is 8.43. The molecule has 1 aliphatic heterocycles. The molecule has 0 bridgehead atoms. The molecule has 0 spiro atoms. The van der Waals surface area contributed by atoms with Crippen LogP contribution >= 0.6 is 0 Å². The molecule has 1 nitrogen and oxygen atoms in total. The van der Waals surface area contributed by atoms with Crippen LogP contribution in [-0.4, -0.2) is 6.04 Å². The smallest absolute Gasteiger partial charge is 0.0232 e. The highest BCUT2D eigenvalue weighted by molar-refractivity contribution is 5.16. The van der Waals surface area contributed by atoms with E-state index in [2.05, 4.69) is 33.0 Å². The van der Waals surface area contributed by atoms with E-state index in [1.165, 1.54) is 18.5 Å². The van der Waals surface area contributed by atoms with E-state index in [0.29, 0.717) is 6.04 Å². The van der Waals surface area contributed by atoms with Crippen LogP contribution in [0, 0.1) is 5.92 Å². The second-order valence-electron chi connectivity index (χ2n) is 3.89. The van der Waals surface area contributed by atoms with Gasteiger partial charge < -0.3 is 5.32 Å². The maximum absolute atomic E-state index is 3.49. The summed E-state index contributed by atoms with van der Waals surface area (Å²) >= 11 is 0. The molecule has 0 fully saturated rings. The van der Waals surface area contributed by atoms with Gasteiger partial charge in [0.1, 0.15) is 0 Å². The fourth-order valence-electron chi connectivity index (χ4n) is 1.82. The molecule has 0 aromatic heterocycles. The zero-order valence-corrected chi connectivity index (χ0v) is 8.07. The topological polar surface area (TPSA) is 12.0 Å². The van der Waals surface area contributed by atoms with Crippen molar-refractivity contribution in [3.8, 4) is 0 Å². The van der Waals surface area contributed by atoms with Crippen LogP contribution in [0.2, 0.25) is 0 Å². The van der Waals surface area contributed by atoms with Gasteiger partial charge in [-0.05, 0) is 38.2 Å². The van der Waals surface area contributed by atoms with E-state index in [1.807, 2.05) is 0 Å². The Labute approximate surface area is 69.9 Å². The van der Waals surface area contributed by atoms with Crippen LogP contribution in [0.25, 0.3) is 0 Å². The molecule has 0 aromatic rings. The first-order chi connectivity index (χ1) is 5.11. The van der Waals surface area contributed by atoms with Gasteiger partial charge in [0.2, 0.25) is 0 Å². The lowest BCUT2D eigenvalue weighted by Crippen LogP contribution is -2.30. The van der Waals surface area contributed by atoms with Gasteiger partial charge in [-0.15, -0.1) is 0 Å². The third kappa shape index (κ3) is 1.98. The van der Waals surface area contributed by atoms with Crippen molar-refractivity contribution in [2.75, 3.05) is 0 Å². The van der Waals surface area contributed by atoms with E-state index in [-0.39, 0.29) is 0 Å². The normalized spacial score (nSPS) is 25.7. The van der Waals surface area contributed by atoms with Crippen LogP contribution in [-0.2, 0) is 0 Å². The molecule has 1 rings (SSSR count). The minimum absolute atomic E-state index is 0.678. The van der Waals surface area contributed by atoms with Crippen molar-refractivity contribution in [1.82, 2.24) is 5.32 Å². The molecule has 11 heavy (non-hydrogen) atoms. The van der Waals surface area contributed by atoms with E-state index in [0.717, 1.165) is 5.92 Å². The average Bonchev–Trinajstić information content (AvgIpc) is 1.85. The first kappa shape index (κ1) is 8.63. The summed E-state index contributed by atoms with van der Waals surface area (Å²) in [6, 6.07) is 0.678. The van der Waals surface area contributed by atoms with E-state index in [1.54, 1.807) is 5.57 Å². The monoisotopic (exact) mass is 153 g/mol. The van der Waals surface area contributed by atoms with Crippen LogP contribution < -0.4 is 5.32 Å². The van der Waals surface area contributed by atoms with E-state index in [9.17, 15) is 0 Å². The van der Waals surface area contributed by atoms with Gasteiger partial charge in [-0.3, -0.25) is 0 Å². The maximum Gasteiger partial charge on any atom is 0.0232 e. The molecular weight excluding hydrogens is 134 g/mol. The van der Waals surface area contributed by atoms with Crippen molar-refractivity contribution in [1.29, 1.82) is 0 Å². The Balaban J connectivity index is 2.70. The number of hydrogen-bond donors (Lipinski definition) is 1. The summed E-state index contributed by atoms with van der Waals surface area (Å²) in [5, 5.41) is 3.49. The maximum atomic E-state index is 3.49. The van der Waals surface area contributed by atoms with E-state index < -0.39 is 0 Å². The Morgan fingerprint density at radius 2 is 2.09 bits per heavy atom. The fraction of sp³-hybridized carbons (Fsp3) is 0.800. The van der Waals surface area contributed by atoms with Crippen molar-refractivity contribution in [3.63, 3.8) is 0 Å². The molecule has 64 valence electrons. The Morgan fingerprint density at radius 1 is 1.45 bits per heavy atom. The highest BCUT2D eigenvalue weighted by atomic mass is 14.9. The highest BCUT2D eigenvalue weighted by Gasteiger charge is 2.15. The SMILES string of the molecule is CC1=C(C(C)C)CCC(C)N1. The summed E-state index contributed by atoms with van der Waals surface area (Å²) < 4.78 is 0. The van der Waals surface area contributed by atoms with Crippen molar-refractivity contribution in [3.05, 3.63) is 11.3 Å². The van der Waals surface area contributed by atoms with E-state index in [4.69, 9.17) is 0 Å². The van der Waals surface area contributed by atoms with Crippen molar-refractivity contribution < 1.29 is 0 Å². The van der Waals surface area contributed by atoms with E-state index >= 15 is 0 Å². The molecule has 0 saturated carbocycles. The predicted octanol–water partition coefficient (Wildman–Crippen LogP) is 2.69. The van der Waals surface area contributed by atoms with Gasteiger partial charge in [0, 0.05) is 11.7 Å². The third-order valence-corrected chi connectivity index (χ3v) is 2.49. The summed E-state index contributed by atoms with van der Waals surface area (Å²) in [5.74, 6) is 0.718. The molecule has 0 saturated heterocycles. The molecule has 0 radical (unpaired) electrons. The summed E-state index contributed by atoms with van der Waals surface area (Å²) in [4.78, 5) is 0. The highest BCUT2D eigenvalue weighted by Crippen LogP contribution is 2.24. The van der Waals surface area contributed by atoms with Crippen LogP contribution in [0.1, 0.15) is 40.5 Å². The largest absolute Gasteiger partial charge is 0.386 e. The van der Waals surface area contributed by atoms with Crippen LogP contribution in [0.4, 0.5) is 0 Å². The molecule has 1 atom stereocenters. The van der Waals surface area contributed by atoms with Crippen molar-refractivity contribution in [2.24, 2.45) is 5.92 Å². The Hall–Kier alpha value is -0.460. The van der Waals surface area contributed by atoms with Crippen molar-refractivity contribution >= 4 is 0 Å². The molecule has 0 aliphatic carbocycles. The minimum atomic E-state index is 0.678. The average molecular weight is 153 g/mol. The van der Waals surface area contributed by atoms with Crippen LogP contribution in [0.5, 0.6) is 0 Å². The lowest BCUT2D eigenvalue weighted by atomic mass is 9.91. The number of hydrogen-bond acceptors (Lipinski definition) is 1. The Morgan fingerprint density at radius 3 is 2.55 bits per heavy atom. The first-order valence-corrected chi connectivity index (χ1v) is 4.57. The minimum Gasteiger partial charge on any atom is -0.386 e. The molecule has 0 aromatic carbocycles. The molecule has 1 unspecified atom stereocenters. The lowest BCUT2D eigenvalue weighted by molar-refractivity contribution is 0.497. The molecule has 1 heterocycles. The van der Waals surface area contributed by atoms with Gasteiger partial charge >= 0.3 is 0 Å². The van der Waals surface area contributed by atoms with Crippen molar-refractivity contribution in [2.45, 2.75) is 46.6 Å². The lowest BCUT2D eigenvalue weighted by Gasteiger charge is -2.27. The van der Waals surface area contributed by atoms with Gasteiger partial charge in [0.05, 0.1) is 0 Å². The first-order valence-electron chi connectivity index (χ1n) is 4.57.